The molecule has 1 aromatic rings. The molecule has 3 aliphatic carbocycles. The summed E-state index contributed by atoms with van der Waals surface area (Å²) in [5, 5.41) is 4.90. The third-order valence-electron chi connectivity index (χ3n) is 9.17. The van der Waals surface area contributed by atoms with E-state index in [2.05, 4.69) is 37.9 Å². The number of rotatable bonds is 12. The van der Waals surface area contributed by atoms with Gasteiger partial charge in [0.05, 0.1) is 18.0 Å². The number of halogens is 1. The fraction of sp³-hybridized carbons (Fsp3) is 0.625. The van der Waals surface area contributed by atoms with Gasteiger partial charge in [-0.25, -0.2) is 13.2 Å². The summed E-state index contributed by atoms with van der Waals surface area (Å²) in [4.78, 5) is 55.7. The Morgan fingerprint density at radius 1 is 1.15 bits per heavy atom. The van der Waals surface area contributed by atoms with E-state index in [0.29, 0.717) is 12.8 Å². The van der Waals surface area contributed by atoms with Crippen molar-refractivity contribution in [2.75, 3.05) is 6.54 Å². The third kappa shape index (κ3) is 7.76. The average molecular weight is 724 g/mol. The van der Waals surface area contributed by atoms with Crippen LogP contribution in [0.25, 0.3) is 0 Å². The monoisotopic (exact) mass is 722 g/mol. The molecule has 0 spiro atoms. The van der Waals surface area contributed by atoms with Crippen molar-refractivity contribution in [1.82, 2.24) is 20.3 Å². The zero-order chi connectivity index (χ0) is 33.4. The Bertz CT molecular complexity index is 1490. The maximum absolute atomic E-state index is 14.2. The number of sulfonamides is 1. The van der Waals surface area contributed by atoms with Crippen molar-refractivity contribution in [2.45, 2.75) is 107 Å². The lowest BCUT2D eigenvalue weighted by atomic mass is 9.85. The number of carbonyl (C=O) groups excluding carboxylic acids is 4. The molecule has 0 unspecified atom stereocenters. The van der Waals surface area contributed by atoms with Crippen LogP contribution in [0.2, 0.25) is 0 Å². The van der Waals surface area contributed by atoms with E-state index in [1.165, 1.54) is 11.0 Å². The molecule has 252 valence electrons. The van der Waals surface area contributed by atoms with Crippen LogP contribution in [0.4, 0.5) is 4.79 Å². The Balaban J connectivity index is 1.36. The zero-order valence-corrected chi connectivity index (χ0v) is 28.8. The first-order valence-corrected chi connectivity index (χ1v) is 18.1. The van der Waals surface area contributed by atoms with E-state index in [4.69, 9.17) is 9.47 Å². The summed E-state index contributed by atoms with van der Waals surface area (Å²) in [5.41, 5.74) is -1.35. The molecule has 5 rings (SSSR count). The van der Waals surface area contributed by atoms with Gasteiger partial charge in [0, 0.05) is 23.4 Å². The summed E-state index contributed by atoms with van der Waals surface area (Å²) >= 11 is 3.45. The summed E-state index contributed by atoms with van der Waals surface area (Å²) in [7, 11) is -3.86. The predicted octanol–water partition coefficient (Wildman–Crippen LogP) is 3.30. The van der Waals surface area contributed by atoms with E-state index >= 15 is 0 Å². The fourth-order valence-corrected chi connectivity index (χ4v) is 7.69. The fourth-order valence-electron chi connectivity index (χ4n) is 5.88. The highest BCUT2D eigenvalue weighted by Gasteiger charge is 2.62. The van der Waals surface area contributed by atoms with Gasteiger partial charge in [0.15, 0.2) is 0 Å². The van der Waals surface area contributed by atoms with Crippen LogP contribution >= 0.6 is 15.9 Å². The summed E-state index contributed by atoms with van der Waals surface area (Å²) in [5.74, 6) is -2.40. The van der Waals surface area contributed by atoms with Crippen molar-refractivity contribution in [3.8, 4) is 0 Å². The molecule has 1 heterocycles. The number of alkyl carbamates (subject to hydrolysis) is 1. The number of carbonyl (C=O) groups is 4. The smallest absolute Gasteiger partial charge is 0.408 e. The van der Waals surface area contributed by atoms with Crippen molar-refractivity contribution in [1.29, 1.82) is 0 Å². The summed E-state index contributed by atoms with van der Waals surface area (Å²) in [6.45, 7) is 9.48. The first kappa shape index (κ1) is 34.4. The summed E-state index contributed by atoms with van der Waals surface area (Å²) in [6, 6.07) is 5.51. The topological polar surface area (TPSA) is 160 Å². The van der Waals surface area contributed by atoms with Crippen molar-refractivity contribution >= 4 is 49.8 Å². The lowest BCUT2D eigenvalue weighted by Crippen LogP contribution is -2.60. The minimum atomic E-state index is -3.86. The number of amides is 4. The molecule has 12 nitrogen and oxygen atoms in total. The number of hydrogen-bond acceptors (Lipinski definition) is 8. The van der Waals surface area contributed by atoms with Crippen LogP contribution in [0, 0.1) is 11.3 Å². The third-order valence-corrected chi connectivity index (χ3v) is 11.5. The van der Waals surface area contributed by atoms with E-state index in [0.717, 1.165) is 29.3 Å². The van der Waals surface area contributed by atoms with Crippen LogP contribution in [0.5, 0.6) is 0 Å². The first-order chi connectivity index (χ1) is 21.6. The molecule has 5 atom stereocenters. The molecule has 3 saturated carbocycles. The van der Waals surface area contributed by atoms with Crippen LogP contribution in [0.1, 0.15) is 71.3 Å². The van der Waals surface area contributed by atoms with Gasteiger partial charge in [-0.3, -0.25) is 19.1 Å². The van der Waals surface area contributed by atoms with Gasteiger partial charge in [-0.05, 0) is 61.6 Å². The molecule has 4 fully saturated rings. The Labute approximate surface area is 278 Å². The average Bonchev–Trinajstić information content (AvgIpc) is 3.88. The minimum absolute atomic E-state index is 0.0665. The number of ether oxygens (including phenoxy) is 2. The minimum Gasteiger partial charge on any atom is -0.446 e. The van der Waals surface area contributed by atoms with Crippen molar-refractivity contribution in [3.05, 3.63) is 47.0 Å². The van der Waals surface area contributed by atoms with Crippen LogP contribution in [-0.4, -0.2) is 78.8 Å². The Kier molecular flexibility index (Phi) is 9.91. The molecule has 1 saturated heterocycles. The van der Waals surface area contributed by atoms with Gasteiger partial charge < -0.3 is 25.0 Å². The van der Waals surface area contributed by atoms with E-state index in [9.17, 15) is 27.6 Å². The van der Waals surface area contributed by atoms with Gasteiger partial charge in [-0.2, -0.15) is 0 Å². The van der Waals surface area contributed by atoms with Gasteiger partial charge in [0.25, 0.3) is 5.91 Å². The van der Waals surface area contributed by atoms with Gasteiger partial charge in [-0.1, -0.05) is 54.9 Å². The molecule has 0 radical (unpaired) electrons. The second-order valence-corrected chi connectivity index (χ2v) is 16.8. The standard InChI is InChI=1S/C32H43BrN4O8S/c1-5-20-16-32(20,29(40)36-46(42,43)24-12-13-24)35-27(38)25-15-23(44-18-19-8-6-9-21(33)14-19)17-37(25)28(39)26(31(2,3)4)34-30(41)45-22-10-7-11-22/h5-6,8-9,14,20,22-26H,1,7,10-13,15-18H2,2-4H3,(H,34,41)(H,35,38)(H,36,40)/t20-,23-,25+,26-,32+/m1/s1. The van der Waals surface area contributed by atoms with E-state index in [-0.39, 0.29) is 32.1 Å². The lowest BCUT2D eigenvalue weighted by Gasteiger charge is -2.36. The van der Waals surface area contributed by atoms with Crippen molar-refractivity contribution < 1.29 is 37.1 Å². The Hall–Kier alpha value is -2.97. The van der Waals surface area contributed by atoms with Gasteiger partial charge in [-0.15, -0.1) is 6.58 Å². The molecule has 3 N–H and O–H groups in total. The van der Waals surface area contributed by atoms with Crippen LogP contribution in [0.15, 0.2) is 41.4 Å². The zero-order valence-electron chi connectivity index (χ0n) is 26.4. The Morgan fingerprint density at radius 2 is 1.87 bits per heavy atom. The first-order valence-electron chi connectivity index (χ1n) is 15.8. The number of benzene rings is 1. The van der Waals surface area contributed by atoms with E-state index < -0.39 is 74.1 Å². The van der Waals surface area contributed by atoms with Gasteiger partial charge in [0.1, 0.15) is 23.7 Å². The SMILES string of the molecule is C=C[C@@H]1C[C@@]1(NC(=O)[C@@H]1C[C@@H](OCc2cccc(Br)c2)CN1C(=O)[C@@H](NC(=O)OC1CCC1)C(C)(C)C)C(=O)NS(=O)(=O)C1CC1. The van der Waals surface area contributed by atoms with Crippen molar-refractivity contribution in [3.63, 3.8) is 0 Å². The maximum Gasteiger partial charge on any atom is 0.408 e. The largest absolute Gasteiger partial charge is 0.446 e. The molecule has 4 aliphatic rings. The quantitative estimate of drug-likeness (QED) is 0.277. The van der Waals surface area contributed by atoms with Gasteiger partial charge >= 0.3 is 6.09 Å². The second-order valence-electron chi connectivity index (χ2n) is 13.9. The number of nitrogens with one attached hydrogen (secondary N) is 3. The second kappa shape index (κ2) is 13.3. The molecule has 14 heteroatoms. The van der Waals surface area contributed by atoms with Crippen LogP contribution in [0.3, 0.4) is 0 Å². The summed E-state index contributed by atoms with van der Waals surface area (Å²) in [6.07, 6.45) is 3.89. The number of nitrogens with zero attached hydrogens (tertiary/aromatic N) is 1. The molecular weight excluding hydrogens is 680 g/mol. The normalized spacial score (nSPS) is 26.8. The lowest BCUT2D eigenvalue weighted by molar-refractivity contribution is -0.143. The summed E-state index contributed by atoms with van der Waals surface area (Å²) < 4.78 is 39.8. The van der Waals surface area contributed by atoms with E-state index in [1.54, 1.807) is 0 Å². The number of hydrogen-bond donors (Lipinski definition) is 3. The number of likely N-dealkylation sites (tertiary alicyclic amines) is 1. The molecule has 4 amide bonds. The van der Waals surface area contributed by atoms with Gasteiger partial charge in [0.2, 0.25) is 21.8 Å². The predicted molar refractivity (Wildman–Crippen MR) is 173 cm³/mol. The highest BCUT2D eigenvalue weighted by atomic mass is 79.9. The highest BCUT2D eigenvalue weighted by Crippen LogP contribution is 2.45. The maximum atomic E-state index is 14.2. The molecule has 46 heavy (non-hydrogen) atoms. The molecule has 1 aliphatic heterocycles. The van der Waals surface area contributed by atoms with Crippen molar-refractivity contribution in [2.24, 2.45) is 11.3 Å². The molecule has 0 aromatic heterocycles. The van der Waals surface area contributed by atoms with Crippen LogP contribution in [-0.2, 0) is 40.5 Å². The Morgan fingerprint density at radius 3 is 2.43 bits per heavy atom. The molecule has 0 bridgehead atoms. The molecular formula is C32H43BrN4O8S. The molecule has 1 aromatic carbocycles. The highest BCUT2D eigenvalue weighted by molar-refractivity contribution is 9.10. The van der Waals surface area contributed by atoms with Crippen LogP contribution < -0.4 is 15.4 Å². The van der Waals surface area contributed by atoms with E-state index in [1.807, 2.05) is 45.0 Å².